The third-order valence-electron chi connectivity index (χ3n) is 2.73. The van der Waals surface area contributed by atoms with E-state index < -0.39 is 0 Å². The maximum atomic E-state index is 12.1. The number of benzene rings is 1. The second-order valence-corrected chi connectivity index (χ2v) is 3.84. The summed E-state index contributed by atoms with van der Waals surface area (Å²) in [4.78, 5) is 23.9. The average Bonchev–Trinajstić information content (AvgIpc) is 2.36. The molecule has 2 nitrogen and oxygen atoms in total. The van der Waals surface area contributed by atoms with Gasteiger partial charge in [0, 0.05) is 23.1 Å². The number of allylic oxidation sites excluding steroid dienone is 2. The first-order chi connectivity index (χ1) is 8.24. The van der Waals surface area contributed by atoms with Crippen molar-refractivity contribution in [3.8, 4) is 11.8 Å². The van der Waals surface area contributed by atoms with Gasteiger partial charge in [-0.05, 0) is 19.4 Å². The summed E-state index contributed by atoms with van der Waals surface area (Å²) in [5.74, 6) is 5.55. The van der Waals surface area contributed by atoms with Crippen LogP contribution in [0.2, 0.25) is 0 Å². The Hall–Kier alpha value is -2.14. The van der Waals surface area contributed by atoms with Gasteiger partial charge in [-0.15, -0.1) is 11.8 Å². The van der Waals surface area contributed by atoms with Gasteiger partial charge >= 0.3 is 0 Å². The number of ketones is 2. The van der Waals surface area contributed by atoms with E-state index in [1.54, 1.807) is 31.2 Å². The topological polar surface area (TPSA) is 34.1 Å². The fourth-order valence-corrected chi connectivity index (χ4v) is 1.88. The quantitative estimate of drug-likeness (QED) is 0.724. The molecule has 1 aliphatic rings. The molecule has 0 N–H and O–H groups in total. The van der Waals surface area contributed by atoms with Gasteiger partial charge < -0.3 is 0 Å². The monoisotopic (exact) mass is 224 g/mol. The van der Waals surface area contributed by atoms with E-state index >= 15 is 0 Å². The molecule has 0 atom stereocenters. The number of rotatable bonds is 2. The Kier molecular flexibility index (Phi) is 3.20. The van der Waals surface area contributed by atoms with E-state index in [-0.39, 0.29) is 11.6 Å². The lowest BCUT2D eigenvalue weighted by Crippen LogP contribution is -2.16. The Morgan fingerprint density at radius 1 is 1.12 bits per heavy atom. The molecule has 2 rings (SSSR count). The van der Waals surface area contributed by atoms with Crippen LogP contribution < -0.4 is 0 Å². The predicted molar refractivity (Wildman–Crippen MR) is 65.9 cm³/mol. The van der Waals surface area contributed by atoms with Crippen LogP contribution in [0.15, 0.2) is 35.9 Å². The first kappa shape index (κ1) is 11.3. The number of fused-ring (bicyclic) bond motifs is 1. The molecule has 0 aliphatic heterocycles. The van der Waals surface area contributed by atoms with E-state index in [1.165, 1.54) is 6.08 Å². The molecule has 0 aromatic heterocycles. The molecule has 1 aromatic carbocycles. The first-order valence-electron chi connectivity index (χ1n) is 5.52. The van der Waals surface area contributed by atoms with Crippen LogP contribution in [0.25, 0.3) is 0 Å². The van der Waals surface area contributed by atoms with Crippen molar-refractivity contribution < 1.29 is 9.59 Å². The number of hydrogen-bond acceptors (Lipinski definition) is 2. The Morgan fingerprint density at radius 3 is 2.53 bits per heavy atom. The molecule has 0 radical (unpaired) electrons. The van der Waals surface area contributed by atoms with Crippen LogP contribution in [-0.4, -0.2) is 11.6 Å². The van der Waals surface area contributed by atoms with Crippen LogP contribution in [0.1, 0.15) is 40.5 Å². The van der Waals surface area contributed by atoms with Gasteiger partial charge in [-0.25, -0.2) is 0 Å². The Labute approximate surface area is 100 Å². The van der Waals surface area contributed by atoms with Gasteiger partial charge in [0.2, 0.25) is 0 Å². The Balaban J connectivity index is 2.31. The summed E-state index contributed by atoms with van der Waals surface area (Å²) in [5, 5.41) is 0. The van der Waals surface area contributed by atoms with Crippen molar-refractivity contribution in [1.82, 2.24) is 0 Å². The first-order valence-corrected chi connectivity index (χ1v) is 5.52. The van der Waals surface area contributed by atoms with E-state index in [2.05, 4.69) is 11.8 Å². The lowest BCUT2D eigenvalue weighted by atomic mass is 9.88. The highest BCUT2D eigenvalue weighted by Gasteiger charge is 2.24. The molecule has 84 valence electrons. The van der Waals surface area contributed by atoms with E-state index in [4.69, 9.17) is 0 Å². The van der Waals surface area contributed by atoms with Gasteiger partial charge in [-0.2, -0.15) is 0 Å². The van der Waals surface area contributed by atoms with Crippen LogP contribution in [0.5, 0.6) is 0 Å². The maximum absolute atomic E-state index is 12.1. The van der Waals surface area contributed by atoms with Gasteiger partial charge in [-0.1, -0.05) is 24.3 Å². The molecule has 0 heterocycles. The third kappa shape index (κ3) is 2.19. The van der Waals surface area contributed by atoms with Crippen molar-refractivity contribution in [2.45, 2.75) is 19.8 Å². The second kappa shape index (κ2) is 4.80. The Bertz CT molecular complexity index is 568. The number of carbonyl (C=O) groups excluding carboxylic acids is 2. The van der Waals surface area contributed by atoms with Crippen molar-refractivity contribution >= 4 is 11.6 Å². The summed E-state index contributed by atoms with van der Waals surface area (Å²) in [6.45, 7) is 1.76. The number of hydrogen-bond donors (Lipinski definition) is 0. The molecule has 0 saturated carbocycles. The zero-order valence-electron chi connectivity index (χ0n) is 9.62. The van der Waals surface area contributed by atoms with Crippen molar-refractivity contribution in [3.05, 3.63) is 47.0 Å². The molecular weight excluding hydrogens is 212 g/mol. The minimum atomic E-state index is -0.0837. The van der Waals surface area contributed by atoms with E-state index in [1.807, 2.05) is 0 Å². The molecule has 0 unspecified atom stereocenters. The smallest absolute Gasteiger partial charge is 0.189 e. The van der Waals surface area contributed by atoms with Crippen LogP contribution in [0.4, 0.5) is 0 Å². The van der Waals surface area contributed by atoms with Crippen LogP contribution in [-0.2, 0) is 0 Å². The lowest BCUT2D eigenvalue weighted by Gasteiger charge is -2.13. The predicted octanol–water partition coefficient (Wildman–Crippen LogP) is 2.80. The summed E-state index contributed by atoms with van der Waals surface area (Å²) >= 11 is 0. The van der Waals surface area contributed by atoms with Crippen LogP contribution in [0.3, 0.4) is 0 Å². The SMILES string of the molecule is CC#CCCC1=CC(=O)c2ccccc2C1=O. The van der Waals surface area contributed by atoms with Gasteiger partial charge in [0.1, 0.15) is 0 Å². The zero-order valence-corrected chi connectivity index (χ0v) is 9.62. The van der Waals surface area contributed by atoms with Gasteiger partial charge in [0.05, 0.1) is 0 Å². The zero-order chi connectivity index (χ0) is 12.3. The van der Waals surface area contributed by atoms with Crippen molar-refractivity contribution in [2.75, 3.05) is 0 Å². The van der Waals surface area contributed by atoms with Gasteiger partial charge in [-0.3, -0.25) is 9.59 Å². The second-order valence-electron chi connectivity index (χ2n) is 3.84. The van der Waals surface area contributed by atoms with Gasteiger partial charge in [0.15, 0.2) is 11.6 Å². The standard InChI is InChI=1S/C15H12O2/c1-2-3-4-7-11-10-14(16)12-8-5-6-9-13(12)15(11)17/h5-6,8-10H,4,7H2,1H3. The third-order valence-corrected chi connectivity index (χ3v) is 2.73. The fraction of sp³-hybridized carbons (Fsp3) is 0.200. The van der Waals surface area contributed by atoms with Crippen LogP contribution >= 0.6 is 0 Å². The Morgan fingerprint density at radius 2 is 1.82 bits per heavy atom. The minimum Gasteiger partial charge on any atom is -0.289 e. The lowest BCUT2D eigenvalue weighted by molar-refractivity contribution is 0.0981. The highest BCUT2D eigenvalue weighted by molar-refractivity contribution is 6.24. The molecule has 0 bridgehead atoms. The summed E-state index contributed by atoms with van der Waals surface area (Å²) in [6, 6.07) is 6.94. The van der Waals surface area contributed by atoms with E-state index in [0.29, 0.717) is 29.5 Å². The fourth-order valence-electron chi connectivity index (χ4n) is 1.88. The average molecular weight is 224 g/mol. The molecule has 1 aliphatic carbocycles. The molecule has 17 heavy (non-hydrogen) atoms. The summed E-state index contributed by atoms with van der Waals surface area (Å²) in [5.41, 5.74) is 1.58. The van der Waals surface area contributed by atoms with E-state index in [9.17, 15) is 9.59 Å². The van der Waals surface area contributed by atoms with Crippen molar-refractivity contribution in [1.29, 1.82) is 0 Å². The summed E-state index contributed by atoms with van der Waals surface area (Å²) < 4.78 is 0. The molecule has 0 spiro atoms. The molecular formula is C15H12O2. The number of Topliss-reactive ketones (excluding diaryl/α,β-unsaturated/α-hetero) is 1. The molecule has 0 saturated heterocycles. The van der Waals surface area contributed by atoms with Crippen molar-refractivity contribution in [3.63, 3.8) is 0 Å². The number of carbonyl (C=O) groups is 2. The molecule has 2 heteroatoms. The van der Waals surface area contributed by atoms with Crippen LogP contribution in [0, 0.1) is 11.8 Å². The van der Waals surface area contributed by atoms with Gasteiger partial charge in [0.25, 0.3) is 0 Å². The highest BCUT2D eigenvalue weighted by Crippen LogP contribution is 2.23. The molecule has 1 aromatic rings. The van der Waals surface area contributed by atoms with Crippen molar-refractivity contribution in [2.24, 2.45) is 0 Å². The summed E-state index contributed by atoms with van der Waals surface area (Å²) in [6.07, 6.45) is 2.60. The van der Waals surface area contributed by atoms with E-state index in [0.717, 1.165) is 0 Å². The normalized spacial score (nSPS) is 13.6. The molecule has 0 amide bonds. The summed E-state index contributed by atoms with van der Waals surface area (Å²) in [7, 11) is 0. The largest absolute Gasteiger partial charge is 0.289 e. The minimum absolute atomic E-state index is 0.0434. The molecule has 0 fully saturated rings. The maximum Gasteiger partial charge on any atom is 0.189 e. The highest BCUT2D eigenvalue weighted by atomic mass is 16.1.